The van der Waals surface area contributed by atoms with E-state index < -0.39 is 12.1 Å². The lowest BCUT2D eigenvalue weighted by Gasteiger charge is -2.32. The molecule has 2 atom stereocenters. The molecule has 0 aliphatic carbocycles. The number of halogens is 1. The van der Waals surface area contributed by atoms with Crippen LogP contribution in [0.3, 0.4) is 0 Å². The van der Waals surface area contributed by atoms with Gasteiger partial charge in [0, 0.05) is 20.2 Å². The third-order valence-electron chi connectivity index (χ3n) is 4.39. The second-order valence-electron chi connectivity index (χ2n) is 6.05. The molecular weight excluding hydrogens is 315 g/mol. The zero-order valence-corrected chi connectivity index (χ0v) is 13.9. The van der Waals surface area contributed by atoms with Gasteiger partial charge in [-0.15, -0.1) is 0 Å². The van der Waals surface area contributed by atoms with E-state index in [9.17, 15) is 14.0 Å². The molecule has 2 unspecified atom stereocenters. The van der Waals surface area contributed by atoms with Gasteiger partial charge in [0.1, 0.15) is 11.9 Å². The highest BCUT2D eigenvalue weighted by atomic mass is 19.1. The molecule has 1 aliphatic heterocycles. The molecule has 1 aromatic rings. The molecule has 1 aromatic carbocycles. The second kappa shape index (κ2) is 8.10. The summed E-state index contributed by atoms with van der Waals surface area (Å²) in [5, 5.41) is 11.9. The highest BCUT2D eigenvalue weighted by Crippen LogP contribution is 2.22. The normalized spacial score (nSPS) is 18.0. The molecule has 132 valence electrons. The number of carboxylic acids is 1. The Balaban J connectivity index is 1.92. The molecule has 6 nitrogen and oxygen atoms in total. The Labute approximate surface area is 140 Å². The molecule has 24 heavy (non-hydrogen) atoms. The number of carbonyl (C=O) groups excluding carboxylic acids is 1. The molecule has 1 aliphatic rings. The van der Waals surface area contributed by atoms with Gasteiger partial charge in [0.2, 0.25) is 0 Å². The number of amides is 2. The van der Waals surface area contributed by atoms with E-state index in [-0.39, 0.29) is 23.8 Å². The van der Waals surface area contributed by atoms with Gasteiger partial charge in [0.15, 0.2) is 0 Å². The van der Waals surface area contributed by atoms with Crippen molar-refractivity contribution in [2.75, 3.05) is 20.2 Å². The van der Waals surface area contributed by atoms with Crippen LogP contribution in [-0.4, -0.2) is 48.2 Å². The number of rotatable bonds is 5. The minimum absolute atomic E-state index is 0.240. The highest BCUT2D eigenvalue weighted by molar-refractivity contribution is 5.75. The van der Waals surface area contributed by atoms with Gasteiger partial charge >= 0.3 is 12.0 Å². The summed E-state index contributed by atoms with van der Waals surface area (Å²) in [4.78, 5) is 24.9. The lowest BCUT2D eigenvalue weighted by Crippen LogP contribution is -2.49. The fourth-order valence-electron chi connectivity index (χ4n) is 2.97. The molecule has 2 amide bonds. The number of ether oxygens (including phenoxy) is 1. The van der Waals surface area contributed by atoms with Crippen LogP contribution in [0.25, 0.3) is 0 Å². The van der Waals surface area contributed by atoms with Crippen LogP contribution < -0.4 is 5.32 Å². The number of carbonyl (C=O) groups is 2. The quantitative estimate of drug-likeness (QED) is 0.864. The topological polar surface area (TPSA) is 78.9 Å². The number of benzene rings is 1. The fourth-order valence-corrected chi connectivity index (χ4v) is 2.97. The molecule has 1 heterocycles. The van der Waals surface area contributed by atoms with Crippen molar-refractivity contribution in [2.45, 2.75) is 31.9 Å². The molecule has 0 spiro atoms. The summed E-state index contributed by atoms with van der Waals surface area (Å²) >= 11 is 0. The number of likely N-dealkylation sites (tertiary alicyclic amines) is 1. The van der Waals surface area contributed by atoms with Crippen LogP contribution in [0.5, 0.6) is 0 Å². The summed E-state index contributed by atoms with van der Waals surface area (Å²) in [6.45, 7) is 2.66. The van der Waals surface area contributed by atoms with Gasteiger partial charge in [0.25, 0.3) is 0 Å². The first-order valence-electron chi connectivity index (χ1n) is 7.99. The molecular formula is C17H23FN2O4. The van der Waals surface area contributed by atoms with Crippen molar-refractivity contribution in [2.24, 2.45) is 5.92 Å². The van der Waals surface area contributed by atoms with Crippen LogP contribution in [0.15, 0.2) is 24.3 Å². The first-order valence-corrected chi connectivity index (χ1v) is 7.99. The van der Waals surface area contributed by atoms with E-state index in [2.05, 4.69) is 5.32 Å². The summed E-state index contributed by atoms with van der Waals surface area (Å²) in [5.41, 5.74) is 0.774. The van der Waals surface area contributed by atoms with Crippen molar-refractivity contribution in [3.05, 3.63) is 35.6 Å². The zero-order valence-electron chi connectivity index (χ0n) is 13.9. The molecule has 0 saturated carbocycles. The maximum Gasteiger partial charge on any atom is 0.317 e. The Kier molecular flexibility index (Phi) is 6.14. The number of nitrogens with zero attached hydrogens (tertiary/aromatic N) is 1. The predicted molar refractivity (Wildman–Crippen MR) is 86.1 cm³/mol. The molecule has 0 aromatic heterocycles. The Morgan fingerprint density at radius 1 is 1.29 bits per heavy atom. The Morgan fingerprint density at radius 2 is 1.88 bits per heavy atom. The molecule has 2 N–H and O–H groups in total. The van der Waals surface area contributed by atoms with Gasteiger partial charge in [-0.2, -0.15) is 0 Å². The predicted octanol–water partition coefficient (Wildman–Crippen LogP) is 2.41. The maximum absolute atomic E-state index is 13.0. The first kappa shape index (κ1) is 18.2. The second-order valence-corrected chi connectivity index (χ2v) is 6.05. The summed E-state index contributed by atoms with van der Waals surface area (Å²) in [5.74, 6) is -1.51. The van der Waals surface area contributed by atoms with Crippen molar-refractivity contribution >= 4 is 12.0 Å². The smallest absolute Gasteiger partial charge is 0.317 e. The largest absolute Gasteiger partial charge is 0.481 e. The van der Waals surface area contributed by atoms with Crippen LogP contribution >= 0.6 is 0 Å². The Hall–Kier alpha value is -2.15. The van der Waals surface area contributed by atoms with E-state index in [0.29, 0.717) is 25.9 Å². The number of hydrogen-bond donors (Lipinski definition) is 2. The van der Waals surface area contributed by atoms with Crippen LogP contribution in [-0.2, 0) is 9.53 Å². The Bertz CT molecular complexity index is 570. The maximum atomic E-state index is 13.0. The van der Waals surface area contributed by atoms with E-state index in [0.717, 1.165) is 5.56 Å². The van der Waals surface area contributed by atoms with Crippen LogP contribution in [0.2, 0.25) is 0 Å². The standard InChI is InChI=1S/C17H23FN2O4/c1-11(15(24-2)12-3-5-14(18)6-4-12)19-17(23)20-9-7-13(8-10-20)16(21)22/h3-6,11,13,15H,7-10H2,1-2H3,(H,19,23)(H,21,22). The number of hydrogen-bond acceptors (Lipinski definition) is 3. The molecule has 7 heteroatoms. The van der Waals surface area contributed by atoms with Crippen molar-refractivity contribution < 1.29 is 23.8 Å². The fraction of sp³-hybridized carbons (Fsp3) is 0.529. The minimum Gasteiger partial charge on any atom is -0.481 e. The van der Waals surface area contributed by atoms with E-state index in [1.165, 1.54) is 19.2 Å². The molecule has 2 rings (SSSR count). The summed E-state index contributed by atoms with van der Waals surface area (Å²) < 4.78 is 18.5. The Morgan fingerprint density at radius 3 is 2.38 bits per heavy atom. The summed E-state index contributed by atoms with van der Waals surface area (Å²) in [6, 6.07) is 5.41. The van der Waals surface area contributed by atoms with Gasteiger partial charge in [-0.25, -0.2) is 9.18 Å². The van der Waals surface area contributed by atoms with Crippen molar-refractivity contribution in [1.82, 2.24) is 10.2 Å². The van der Waals surface area contributed by atoms with E-state index in [4.69, 9.17) is 9.84 Å². The average Bonchev–Trinajstić information content (AvgIpc) is 2.57. The molecule has 1 fully saturated rings. The van der Waals surface area contributed by atoms with Gasteiger partial charge in [0.05, 0.1) is 12.0 Å². The zero-order chi connectivity index (χ0) is 17.7. The van der Waals surface area contributed by atoms with Gasteiger partial charge < -0.3 is 20.1 Å². The third-order valence-corrected chi connectivity index (χ3v) is 4.39. The highest BCUT2D eigenvalue weighted by Gasteiger charge is 2.29. The van der Waals surface area contributed by atoms with Crippen LogP contribution in [0.4, 0.5) is 9.18 Å². The van der Waals surface area contributed by atoms with E-state index >= 15 is 0 Å². The van der Waals surface area contributed by atoms with Crippen molar-refractivity contribution in [3.63, 3.8) is 0 Å². The minimum atomic E-state index is -0.806. The van der Waals surface area contributed by atoms with Crippen LogP contribution in [0, 0.1) is 11.7 Å². The number of aliphatic carboxylic acids is 1. The van der Waals surface area contributed by atoms with E-state index in [1.54, 1.807) is 17.0 Å². The number of nitrogens with one attached hydrogen (secondary N) is 1. The summed E-state index contributed by atoms with van der Waals surface area (Å²) in [7, 11) is 1.54. The molecule has 0 bridgehead atoms. The lowest BCUT2D eigenvalue weighted by atomic mass is 9.97. The first-order chi connectivity index (χ1) is 11.4. The molecule has 1 saturated heterocycles. The number of carboxylic acid groups (broad SMARTS) is 1. The van der Waals surface area contributed by atoms with Gasteiger partial charge in [-0.3, -0.25) is 4.79 Å². The van der Waals surface area contributed by atoms with E-state index in [1.807, 2.05) is 6.92 Å². The lowest BCUT2D eigenvalue weighted by molar-refractivity contribution is -0.143. The summed E-state index contributed by atoms with van der Waals surface area (Å²) in [6.07, 6.45) is 0.525. The van der Waals surface area contributed by atoms with Gasteiger partial charge in [-0.05, 0) is 37.5 Å². The number of piperidine rings is 1. The van der Waals surface area contributed by atoms with Crippen molar-refractivity contribution in [3.8, 4) is 0 Å². The number of methoxy groups -OCH3 is 1. The van der Waals surface area contributed by atoms with Crippen LogP contribution in [0.1, 0.15) is 31.4 Å². The number of urea groups is 1. The average molecular weight is 338 g/mol. The third kappa shape index (κ3) is 4.44. The SMILES string of the molecule is COC(c1ccc(F)cc1)C(C)NC(=O)N1CCC(C(=O)O)CC1. The van der Waals surface area contributed by atoms with Gasteiger partial charge in [-0.1, -0.05) is 12.1 Å². The monoisotopic (exact) mass is 338 g/mol. The molecule has 0 radical (unpaired) electrons. The van der Waals surface area contributed by atoms with Crippen molar-refractivity contribution in [1.29, 1.82) is 0 Å².